The quantitative estimate of drug-likeness (QED) is 0.631. The second-order valence-corrected chi connectivity index (χ2v) is 10.3. The smallest absolute Gasteiger partial charge is 0.153 e. The normalized spacial score (nSPS) is 24.0. The van der Waals surface area contributed by atoms with Crippen molar-refractivity contribution in [3.63, 3.8) is 0 Å². The third-order valence-electron chi connectivity index (χ3n) is 5.57. The summed E-state index contributed by atoms with van der Waals surface area (Å²) >= 11 is 5.42. The molecule has 2 atom stereocenters. The van der Waals surface area contributed by atoms with Gasteiger partial charge in [0.25, 0.3) is 0 Å². The van der Waals surface area contributed by atoms with Gasteiger partial charge in [-0.15, -0.1) is 0 Å². The number of ether oxygens (including phenoxy) is 1. The maximum atomic E-state index is 10.1. The van der Waals surface area contributed by atoms with Crippen molar-refractivity contribution in [1.29, 1.82) is 0 Å². The summed E-state index contributed by atoms with van der Waals surface area (Å²) in [5, 5.41) is 10.1. The molecule has 0 bridgehead atoms. The van der Waals surface area contributed by atoms with Gasteiger partial charge in [-0.05, 0) is 68.9 Å². The van der Waals surface area contributed by atoms with Gasteiger partial charge >= 0.3 is 0 Å². The van der Waals surface area contributed by atoms with Crippen LogP contribution in [0.1, 0.15) is 50.3 Å². The monoisotopic (exact) mass is 447 g/mol. The molecule has 2 aliphatic heterocycles. The number of nitrogens with zero attached hydrogens (tertiary/aromatic N) is 1. The number of hydrogen-bond donors (Lipinski definition) is 1. The minimum Gasteiger partial charge on any atom is -0.476 e. The highest BCUT2D eigenvalue weighted by molar-refractivity contribution is 9.10. The van der Waals surface area contributed by atoms with Gasteiger partial charge in [0.15, 0.2) is 4.93 Å². The average molecular weight is 448 g/mol. The maximum Gasteiger partial charge on any atom is 0.153 e. The van der Waals surface area contributed by atoms with Crippen molar-refractivity contribution in [2.75, 3.05) is 6.73 Å². The number of hydrogen-bond acceptors (Lipinski definition) is 4. The molecule has 3 nitrogen and oxygen atoms in total. The van der Waals surface area contributed by atoms with E-state index in [-0.39, 0.29) is 17.7 Å². The highest BCUT2D eigenvalue weighted by Gasteiger charge is 2.36. The number of aliphatic hydroxyl groups excluding tert-OH is 1. The molecule has 2 aromatic carbocycles. The van der Waals surface area contributed by atoms with Gasteiger partial charge in [0, 0.05) is 16.6 Å². The second kappa shape index (κ2) is 7.78. The molecule has 0 amide bonds. The van der Waals surface area contributed by atoms with Gasteiger partial charge in [-0.25, -0.2) is 0 Å². The summed E-state index contributed by atoms with van der Waals surface area (Å²) in [6.07, 6.45) is 4.31. The van der Waals surface area contributed by atoms with Gasteiger partial charge in [0.1, 0.15) is 5.75 Å². The summed E-state index contributed by atoms with van der Waals surface area (Å²) in [6.45, 7) is 4.31. The number of halogens is 1. The second-order valence-electron chi connectivity index (χ2n) is 7.84. The van der Waals surface area contributed by atoms with Crippen LogP contribution in [0, 0.1) is 0 Å². The fraction of sp³-hybridized carbons (Fsp3) is 0.455. The Bertz CT molecular complexity index is 826. The molecular weight excluding hydrogens is 422 g/mol. The Hall–Kier alpha value is -1.01. The SMILES string of the molecule is CC1(C)Oc2ccc(C3CCC(CCc4ccccc4Br)N3CO)cc2S1. The highest BCUT2D eigenvalue weighted by atomic mass is 79.9. The van der Waals surface area contributed by atoms with Gasteiger partial charge in [-0.2, -0.15) is 0 Å². The molecule has 2 heterocycles. The maximum absolute atomic E-state index is 10.1. The number of likely N-dealkylation sites (tertiary alicyclic amines) is 1. The Labute approximate surface area is 174 Å². The van der Waals surface area contributed by atoms with Crippen molar-refractivity contribution < 1.29 is 9.84 Å². The van der Waals surface area contributed by atoms with Crippen molar-refractivity contribution in [2.24, 2.45) is 0 Å². The number of fused-ring (bicyclic) bond motifs is 1. The van der Waals surface area contributed by atoms with Gasteiger partial charge in [0.2, 0.25) is 0 Å². The van der Waals surface area contributed by atoms with Crippen molar-refractivity contribution in [1.82, 2.24) is 4.90 Å². The fourth-order valence-corrected chi connectivity index (χ4v) is 5.84. The molecule has 0 radical (unpaired) electrons. The number of aryl methyl sites for hydroxylation is 1. The molecule has 5 heteroatoms. The lowest BCUT2D eigenvalue weighted by atomic mass is 10.0. The van der Waals surface area contributed by atoms with E-state index in [0.29, 0.717) is 6.04 Å². The van der Waals surface area contributed by atoms with E-state index >= 15 is 0 Å². The van der Waals surface area contributed by atoms with E-state index in [1.54, 1.807) is 11.8 Å². The van der Waals surface area contributed by atoms with E-state index in [0.717, 1.165) is 31.4 Å². The lowest BCUT2D eigenvalue weighted by Gasteiger charge is -2.28. The Balaban J connectivity index is 1.47. The molecule has 1 N–H and O–H groups in total. The fourth-order valence-electron chi connectivity index (χ4n) is 4.29. The van der Waals surface area contributed by atoms with E-state index in [1.807, 2.05) is 0 Å². The van der Waals surface area contributed by atoms with Crippen LogP contribution in [-0.2, 0) is 6.42 Å². The number of benzene rings is 2. The minimum atomic E-state index is -0.196. The average Bonchev–Trinajstić information content (AvgIpc) is 3.18. The highest BCUT2D eigenvalue weighted by Crippen LogP contribution is 2.49. The van der Waals surface area contributed by atoms with E-state index in [2.05, 4.69) is 77.1 Å². The number of thioether (sulfide) groups is 1. The van der Waals surface area contributed by atoms with E-state index in [9.17, 15) is 5.11 Å². The molecule has 0 aliphatic carbocycles. The first kappa shape index (κ1) is 19.3. The molecule has 144 valence electrons. The topological polar surface area (TPSA) is 32.7 Å². The van der Waals surface area contributed by atoms with E-state index in [4.69, 9.17) is 4.74 Å². The largest absolute Gasteiger partial charge is 0.476 e. The minimum absolute atomic E-state index is 0.109. The molecule has 2 aliphatic rings. The molecule has 27 heavy (non-hydrogen) atoms. The molecule has 1 fully saturated rings. The molecule has 0 aromatic heterocycles. The van der Waals surface area contributed by atoms with Crippen LogP contribution in [0.2, 0.25) is 0 Å². The lowest BCUT2D eigenvalue weighted by molar-refractivity contribution is 0.0595. The summed E-state index contributed by atoms with van der Waals surface area (Å²) in [5.41, 5.74) is 2.63. The summed E-state index contributed by atoms with van der Waals surface area (Å²) < 4.78 is 7.15. The molecule has 1 saturated heterocycles. The molecular formula is C22H26BrNO2S. The Morgan fingerprint density at radius 2 is 2.04 bits per heavy atom. The van der Waals surface area contributed by atoms with Crippen LogP contribution in [-0.4, -0.2) is 27.7 Å². The molecule has 2 aromatic rings. The summed E-state index contributed by atoms with van der Waals surface area (Å²) in [4.78, 5) is 3.29. The van der Waals surface area contributed by atoms with Crippen LogP contribution in [0.5, 0.6) is 5.75 Å². The Morgan fingerprint density at radius 3 is 2.81 bits per heavy atom. The zero-order valence-electron chi connectivity index (χ0n) is 15.8. The molecule has 0 saturated carbocycles. The van der Waals surface area contributed by atoms with Crippen molar-refractivity contribution in [3.8, 4) is 5.75 Å². The van der Waals surface area contributed by atoms with Gasteiger partial charge < -0.3 is 9.84 Å². The summed E-state index contributed by atoms with van der Waals surface area (Å²) in [7, 11) is 0. The molecule has 4 rings (SSSR count). The molecule has 0 spiro atoms. The summed E-state index contributed by atoms with van der Waals surface area (Å²) in [6, 6.07) is 15.7. The zero-order valence-corrected chi connectivity index (χ0v) is 18.2. The van der Waals surface area contributed by atoms with Crippen LogP contribution in [0.4, 0.5) is 0 Å². The van der Waals surface area contributed by atoms with Crippen LogP contribution < -0.4 is 4.74 Å². The lowest BCUT2D eigenvalue weighted by Crippen LogP contribution is -2.32. The first-order valence-electron chi connectivity index (χ1n) is 9.59. The van der Waals surface area contributed by atoms with Gasteiger partial charge in [0.05, 0.1) is 11.6 Å². The first-order valence-corrected chi connectivity index (χ1v) is 11.2. The summed E-state index contributed by atoms with van der Waals surface area (Å²) in [5.74, 6) is 0.979. The predicted octanol–water partition coefficient (Wildman–Crippen LogP) is 5.76. The third kappa shape index (κ3) is 4.07. The standard InChI is InChI=1S/C22H26BrNO2S/c1-22(2)26-20-12-8-16(13-21(20)27-22)19-11-10-17(24(19)14-25)9-7-15-5-3-4-6-18(15)23/h3-6,8,12-13,17,19,25H,7,9-11,14H2,1-2H3. The van der Waals surface area contributed by atoms with Crippen molar-refractivity contribution in [3.05, 3.63) is 58.1 Å². The molecule has 2 unspecified atom stereocenters. The van der Waals surface area contributed by atoms with Crippen LogP contribution in [0.3, 0.4) is 0 Å². The van der Waals surface area contributed by atoms with Crippen LogP contribution >= 0.6 is 27.7 Å². The Kier molecular flexibility index (Phi) is 5.57. The predicted molar refractivity (Wildman–Crippen MR) is 114 cm³/mol. The van der Waals surface area contributed by atoms with E-state index in [1.165, 1.54) is 20.5 Å². The zero-order chi connectivity index (χ0) is 19.0. The van der Waals surface area contributed by atoms with E-state index < -0.39 is 0 Å². The van der Waals surface area contributed by atoms with Crippen molar-refractivity contribution >= 4 is 27.7 Å². The number of rotatable bonds is 5. The Morgan fingerprint density at radius 1 is 1.22 bits per heavy atom. The van der Waals surface area contributed by atoms with Gasteiger partial charge in [-0.1, -0.05) is 52.0 Å². The van der Waals surface area contributed by atoms with Crippen LogP contribution in [0.15, 0.2) is 51.8 Å². The number of aliphatic hydroxyl groups is 1. The third-order valence-corrected chi connectivity index (χ3v) is 7.46. The van der Waals surface area contributed by atoms with Crippen LogP contribution in [0.25, 0.3) is 0 Å². The first-order chi connectivity index (χ1) is 13.0. The van der Waals surface area contributed by atoms with Gasteiger partial charge in [-0.3, -0.25) is 4.90 Å². The van der Waals surface area contributed by atoms with Crippen molar-refractivity contribution in [2.45, 2.75) is 61.4 Å².